The van der Waals surface area contributed by atoms with Crippen LogP contribution in [0.25, 0.3) is 11.0 Å². The number of fused-ring (bicyclic) bond motifs is 1. The quantitative estimate of drug-likeness (QED) is 0.353. The molecule has 8 nitrogen and oxygen atoms in total. The van der Waals surface area contributed by atoms with Gasteiger partial charge in [0.2, 0.25) is 5.91 Å². The van der Waals surface area contributed by atoms with Gasteiger partial charge < -0.3 is 10.6 Å². The van der Waals surface area contributed by atoms with E-state index >= 15 is 0 Å². The van der Waals surface area contributed by atoms with Crippen molar-refractivity contribution in [2.75, 3.05) is 0 Å². The number of aromatic nitrogens is 4. The molecule has 0 saturated heterocycles. The van der Waals surface area contributed by atoms with Crippen LogP contribution in [0, 0.1) is 13.8 Å². The summed E-state index contributed by atoms with van der Waals surface area (Å²) in [6.07, 6.45) is 5.25. The minimum absolute atomic E-state index is 0.335. The van der Waals surface area contributed by atoms with Crippen LogP contribution in [0.4, 0.5) is 0 Å². The number of aliphatic imine (C=N–C) groups is 1. The number of amides is 1. The molecule has 2 N–H and O–H groups in total. The summed E-state index contributed by atoms with van der Waals surface area (Å²) in [4.78, 5) is 38.3. The number of hydrogen-bond acceptors (Lipinski definition) is 7. The summed E-state index contributed by atoms with van der Waals surface area (Å²) in [6, 6.07) is 25.2. The van der Waals surface area contributed by atoms with Crippen LogP contribution in [-0.2, 0) is 12.1 Å². The number of rotatable bonds is 6. The molecule has 39 heavy (non-hydrogen) atoms. The van der Waals surface area contributed by atoms with Crippen LogP contribution in [0.15, 0.2) is 96.2 Å². The predicted octanol–water partition coefficient (Wildman–Crippen LogP) is 4.66. The first kappa shape index (κ1) is 24.4. The lowest BCUT2D eigenvalue weighted by Gasteiger charge is -2.37. The first-order valence-electron chi connectivity index (χ1n) is 12.7. The Bertz CT molecular complexity index is 1730. The Morgan fingerprint density at radius 1 is 0.872 bits per heavy atom. The number of hydrogen-bond donors (Lipinski definition) is 1. The van der Waals surface area contributed by atoms with Gasteiger partial charge in [0.25, 0.3) is 0 Å². The van der Waals surface area contributed by atoms with Crippen molar-refractivity contribution in [3.63, 3.8) is 0 Å². The van der Waals surface area contributed by atoms with Gasteiger partial charge in [-0.05, 0) is 73.5 Å². The zero-order chi connectivity index (χ0) is 27.0. The largest absolute Gasteiger partial charge is 0.366 e. The van der Waals surface area contributed by atoms with Crippen molar-refractivity contribution in [1.82, 2.24) is 24.8 Å². The molecule has 6 rings (SSSR count). The molecule has 4 heterocycles. The highest BCUT2D eigenvalue weighted by molar-refractivity contribution is 5.92. The van der Waals surface area contributed by atoms with Gasteiger partial charge in [-0.3, -0.25) is 29.7 Å². The molecule has 192 valence electrons. The summed E-state index contributed by atoms with van der Waals surface area (Å²) in [7, 11) is 0. The number of aryl methyl sites for hydroxylation is 2. The molecule has 0 radical (unpaired) electrons. The standard InChI is InChI=1S/C31H27N7O/c1-20-6-3-10-26(36-20)29-31(28-11-4-7-21(2)37-28,24-12-13-25-27(17-24)34-15-14-33-25)35-19-38(29)18-22-8-5-9-23(16-22)30(32)39/h3-17,19,29H,18H2,1-2H3,(H2,32,39). The van der Waals surface area contributed by atoms with Crippen molar-refractivity contribution in [3.05, 3.63) is 131 Å². The fourth-order valence-electron chi connectivity index (χ4n) is 5.35. The summed E-state index contributed by atoms with van der Waals surface area (Å²) in [5.41, 5.74) is 12.1. The van der Waals surface area contributed by atoms with E-state index in [1.54, 1.807) is 18.5 Å². The van der Waals surface area contributed by atoms with Crippen molar-refractivity contribution in [2.45, 2.75) is 32.0 Å². The van der Waals surface area contributed by atoms with Crippen molar-refractivity contribution >= 4 is 23.3 Å². The summed E-state index contributed by atoms with van der Waals surface area (Å²) >= 11 is 0. The summed E-state index contributed by atoms with van der Waals surface area (Å²) in [5, 5.41) is 0. The minimum atomic E-state index is -0.917. The van der Waals surface area contributed by atoms with Gasteiger partial charge in [0.1, 0.15) is 6.04 Å². The zero-order valence-electron chi connectivity index (χ0n) is 21.7. The number of primary amides is 1. The summed E-state index contributed by atoms with van der Waals surface area (Å²) in [6.45, 7) is 4.46. The smallest absolute Gasteiger partial charge is 0.248 e. The van der Waals surface area contributed by atoms with Crippen LogP contribution in [-0.4, -0.2) is 37.1 Å². The van der Waals surface area contributed by atoms with Crippen molar-refractivity contribution in [1.29, 1.82) is 0 Å². The van der Waals surface area contributed by atoms with E-state index in [9.17, 15) is 4.79 Å². The van der Waals surface area contributed by atoms with E-state index in [1.165, 1.54) is 0 Å². The molecule has 8 heteroatoms. The van der Waals surface area contributed by atoms with Gasteiger partial charge in [-0.25, -0.2) is 0 Å². The van der Waals surface area contributed by atoms with Crippen molar-refractivity contribution in [3.8, 4) is 0 Å². The topological polar surface area (TPSA) is 110 Å². The highest BCUT2D eigenvalue weighted by Crippen LogP contribution is 2.50. The third-order valence-corrected chi connectivity index (χ3v) is 7.09. The second-order valence-corrected chi connectivity index (χ2v) is 9.78. The maximum absolute atomic E-state index is 11.9. The predicted molar refractivity (Wildman–Crippen MR) is 150 cm³/mol. The lowest BCUT2D eigenvalue weighted by molar-refractivity contribution is 0.1000. The molecule has 2 atom stereocenters. The van der Waals surface area contributed by atoms with E-state index in [1.807, 2.05) is 86.9 Å². The van der Waals surface area contributed by atoms with Gasteiger partial charge in [0, 0.05) is 35.9 Å². The van der Waals surface area contributed by atoms with Crippen LogP contribution < -0.4 is 5.73 Å². The average molecular weight is 514 g/mol. The van der Waals surface area contributed by atoms with E-state index in [2.05, 4.69) is 20.9 Å². The van der Waals surface area contributed by atoms with Gasteiger partial charge >= 0.3 is 0 Å². The molecule has 1 amide bonds. The van der Waals surface area contributed by atoms with E-state index in [4.69, 9.17) is 20.7 Å². The van der Waals surface area contributed by atoms with Gasteiger partial charge in [-0.1, -0.05) is 30.3 Å². The Balaban J connectivity index is 1.57. The van der Waals surface area contributed by atoms with E-state index in [-0.39, 0.29) is 6.04 Å². The fourth-order valence-corrected chi connectivity index (χ4v) is 5.35. The number of nitrogens with two attached hydrogens (primary N) is 1. The van der Waals surface area contributed by atoms with Crippen LogP contribution in [0.5, 0.6) is 0 Å². The Labute approximate surface area is 226 Å². The fraction of sp³-hybridized carbons (Fsp3) is 0.161. The Hall–Kier alpha value is -4.98. The maximum Gasteiger partial charge on any atom is 0.248 e. The first-order chi connectivity index (χ1) is 18.9. The minimum Gasteiger partial charge on any atom is -0.366 e. The SMILES string of the molecule is Cc1cccc(C2N(Cc3cccc(C(N)=O)c3)C=NC2(c2ccc3nccnc3c2)c2cccc(C)n2)n1. The van der Waals surface area contributed by atoms with Crippen LogP contribution in [0.1, 0.15) is 50.3 Å². The number of carbonyl (C=O) groups excluding carboxylic acids is 1. The van der Waals surface area contributed by atoms with E-state index in [0.29, 0.717) is 12.1 Å². The van der Waals surface area contributed by atoms with Crippen LogP contribution in [0.3, 0.4) is 0 Å². The zero-order valence-corrected chi connectivity index (χ0v) is 21.7. The number of pyridine rings is 2. The third-order valence-electron chi connectivity index (χ3n) is 7.09. The van der Waals surface area contributed by atoms with Crippen molar-refractivity contribution < 1.29 is 4.79 Å². The number of benzene rings is 2. The number of carbonyl (C=O) groups is 1. The molecule has 2 aromatic carbocycles. The molecule has 3 aromatic heterocycles. The second-order valence-electron chi connectivity index (χ2n) is 9.78. The molecule has 0 bridgehead atoms. The van der Waals surface area contributed by atoms with Gasteiger partial charge in [0.05, 0.1) is 28.8 Å². The highest BCUT2D eigenvalue weighted by Gasteiger charge is 2.51. The Morgan fingerprint density at radius 3 is 2.38 bits per heavy atom. The Kier molecular flexibility index (Phi) is 6.07. The van der Waals surface area contributed by atoms with Crippen LogP contribution in [0.2, 0.25) is 0 Å². The number of nitrogens with zero attached hydrogens (tertiary/aromatic N) is 6. The van der Waals surface area contributed by atoms with Crippen molar-refractivity contribution in [2.24, 2.45) is 10.7 Å². The van der Waals surface area contributed by atoms with Gasteiger partial charge in [0.15, 0.2) is 5.54 Å². The van der Waals surface area contributed by atoms with Gasteiger partial charge in [-0.15, -0.1) is 0 Å². The molecule has 0 spiro atoms. The first-order valence-corrected chi connectivity index (χ1v) is 12.7. The van der Waals surface area contributed by atoms with Crippen LogP contribution >= 0.6 is 0 Å². The lowest BCUT2D eigenvalue weighted by Crippen LogP contribution is -2.39. The Morgan fingerprint density at radius 2 is 1.62 bits per heavy atom. The molecule has 1 aliphatic rings. The summed E-state index contributed by atoms with van der Waals surface area (Å²) < 4.78 is 0. The maximum atomic E-state index is 11.9. The normalized spacial score (nSPS) is 18.5. The molecular weight excluding hydrogens is 486 g/mol. The van der Waals surface area contributed by atoms with Gasteiger partial charge in [-0.2, -0.15) is 0 Å². The molecular formula is C31H27N7O. The van der Waals surface area contributed by atoms with E-state index < -0.39 is 11.4 Å². The molecule has 0 saturated carbocycles. The average Bonchev–Trinajstić information content (AvgIpc) is 3.33. The second kappa shape index (κ2) is 9.72. The van der Waals surface area contributed by atoms with E-state index in [0.717, 1.165) is 44.9 Å². The molecule has 5 aromatic rings. The monoisotopic (exact) mass is 513 g/mol. The third kappa shape index (κ3) is 4.40. The molecule has 0 aliphatic carbocycles. The molecule has 1 aliphatic heterocycles. The highest BCUT2D eigenvalue weighted by atomic mass is 16.1. The molecule has 0 fully saturated rings. The molecule has 2 unspecified atom stereocenters. The summed E-state index contributed by atoms with van der Waals surface area (Å²) in [5.74, 6) is -0.459. The lowest BCUT2D eigenvalue weighted by atomic mass is 9.78.